The first-order chi connectivity index (χ1) is 9.35. The molecule has 0 amide bonds. The summed E-state index contributed by atoms with van der Waals surface area (Å²) >= 11 is 0. The Morgan fingerprint density at radius 2 is 1.85 bits per heavy atom. The fourth-order valence-corrected chi connectivity index (χ4v) is 2.43. The van der Waals surface area contributed by atoms with Crippen molar-refractivity contribution in [1.82, 2.24) is 5.32 Å². The van der Waals surface area contributed by atoms with Gasteiger partial charge in [0.25, 0.3) is 0 Å². The number of alkyl halides is 2. The summed E-state index contributed by atoms with van der Waals surface area (Å²) in [6, 6.07) is 5.29. The van der Waals surface area contributed by atoms with Crippen LogP contribution in [0.5, 0.6) is 5.75 Å². The van der Waals surface area contributed by atoms with E-state index in [1.54, 1.807) is 6.92 Å². The molecule has 0 fully saturated rings. The largest absolute Gasteiger partial charge is 0.435 e. The summed E-state index contributed by atoms with van der Waals surface area (Å²) in [6.07, 6.45) is 0. The zero-order chi connectivity index (χ0) is 15.2. The molecule has 0 aromatic heterocycles. The smallest absolute Gasteiger partial charge is 0.387 e. The molecule has 0 radical (unpaired) electrons. The summed E-state index contributed by atoms with van der Waals surface area (Å²) in [6.45, 7) is 1.57. The number of sulfonamides is 1. The van der Waals surface area contributed by atoms with E-state index in [9.17, 15) is 17.2 Å². The maximum Gasteiger partial charge on any atom is 0.387 e. The van der Waals surface area contributed by atoms with Crippen LogP contribution in [0.3, 0.4) is 0 Å². The Bertz CT molecular complexity index is 506. The molecule has 8 heteroatoms. The molecule has 0 heterocycles. The lowest BCUT2D eigenvalue weighted by atomic mass is 10.3. The van der Waals surface area contributed by atoms with Gasteiger partial charge in [0.15, 0.2) is 0 Å². The van der Waals surface area contributed by atoms with E-state index in [0.29, 0.717) is 18.8 Å². The van der Waals surface area contributed by atoms with Crippen molar-refractivity contribution in [3.05, 3.63) is 24.3 Å². The van der Waals surface area contributed by atoms with E-state index in [2.05, 4.69) is 14.8 Å². The second-order valence-electron chi connectivity index (χ2n) is 4.17. The third kappa shape index (κ3) is 5.30. The number of anilines is 1. The second kappa shape index (κ2) is 7.39. The van der Waals surface area contributed by atoms with Crippen molar-refractivity contribution >= 4 is 15.7 Å². The van der Waals surface area contributed by atoms with Crippen LogP contribution in [0.4, 0.5) is 14.5 Å². The Morgan fingerprint density at radius 1 is 1.25 bits per heavy atom. The number of nitrogens with one attached hydrogen (secondary N) is 2. The van der Waals surface area contributed by atoms with Gasteiger partial charge < -0.3 is 10.1 Å². The van der Waals surface area contributed by atoms with Gasteiger partial charge in [-0.05, 0) is 37.7 Å². The van der Waals surface area contributed by atoms with E-state index >= 15 is 0 Å². The maximum absolute atomic E-state index is 12.0. The van der Waals surface area contributed by atoms with Crippen LogP contribution in [0.2, 0.25) is 0 Å². The maximum atomic E-state index is 12.0. The average molecular weight is 308 g/mol. The molecule has 0 aliphatic heterocycles. The van der Waals surface area contributed by atoms with Gasteiger partial charge in [-0.1, -0.05) is 6.92 Å². The van der Waals surface area contributed by atoms with E-state index in [0.717, 1.165) is 0 Å². The molecule has 1 atom stereocenters. The third-order valence-corrected chi connectivity index (χ3v) is 4.30. The van der Waals surface area contributed by atoms with E-state index in [1.165, 1.54) is 24.3 Å². The molecule has 0 saturated carbocycles. The molecule has 0 aliphatic carbocycles. The van der Waals surface area contributed by atoms with Crippen LogP contribution in [0.25, 0.3) is 0 Å². The van der Waals surface area contributed by atoms with Crippen molar-refractivity contribution in [1.29, 1.82) is 0 Å². The number of benzene rings is 1. The fourth-order valence-electron chi connectivity index (χ4n) is 1.43. The van der Waals surface area contributed by atoms with Crippen molar-refractivity contribution in [3.63, 3.8) is 0 Å². The van der Waals surface area contributed by atoms with Crippen LogP contribution in [-0.2, 0) is 10.0 Å². The number of rotatable bonds is 8. The second-order valence-corrected chi connectivity index (χ2v) is 6.27. The van der Waals surface area contributed by atoms with E-state index in [4.69, 9.17) is 0 Å². The number of hydrogen-bond donors (Lipinski definition) is 2. The van der Waals surface area contributed by atoms with Gasteiger partial charge in [-0.15, -0.1) is 0 Å². The highest BCUT2D eigenvalue weighted by Crippen LogP contribution is 2.19. The molecular weight excluding hydrogens is 290 g/mol. The first kappa shape index (κ1) is 16.6. The van der Waals surface area contributed by atoms with E-state index < -0.39 is 21.9 Å². The quantitative estimate of drug-likeness (QED) is 0.771. The van der Waals surface area contributed by atoms with Crippen molar-refractivity contribution in [3.8, 4) is 5.75 Å². The molecule has 1 aromatic carbocycles. The molecule has 114 valence electrons. The molecule has 2 N–H and O–H groups in total. The Morgan fingerprint density at radius 3 is 2.35 bits per heavy atom. The summed E-state index contributed by atoms with van der Waals surface area (Å²) < 4.78 is 54.5. The molecule has 0 saturated heterocycles. The molecule has 0 spiro atoms. The lowest BCUT2D eigenvalue weighted by molar-refractivity contribution is -0.0498. The van der Waals surface area contributed by atoms with E-state index in [-0.39, 0.29) is 5.75 Å². The summed E-state index contributed by atoms with van der Waals surface area (Å²) in [5.41, 5.74) is 0.301. The van der Waals surface area contributed by atoms with Crippen LogP contribution < -0.4 is 14.8 Å². The molecule has 20 heavy (non-hydrogen) atoms. The lowest BCUT2D eigenvalue weighted by Gasteiger charge is -2.15. The van der Waals surface area contributed by atoms with Crippen LogP contribution in [0, 0.1) is 0 Å². The standard InChI is InChI=1S/C12H18F2N2O3S/c1-3-15-8-9(2)20(17,18)16-10-4-6-11(7-5-10)19-12(13)14/h4-7,9,12,15-16H,3,8H2,1-2H3. The zero-order valence-corrected chi connectivity index (χ0v) is 12.1. The Kier molecular flexibility index (Phi) is 6.15. The van der Waals surface area contributed by atoms with Gasteiger partial charge in [-0.3, -0.25) is 4.72 Å². The molecule has 1 rings (SSSR count). The SMILES string of the molecule is CCNCC(C)S(=O)(=O)Nc1ccc(OC(F)F)cc1. The predicted molar refractivity (Wildman–Crippen MR) is 73.6 cm³/mol. The molecule has 1 unspecified atom stereocenters. The van der Waals surface area contributed by atoms with Crippen molar-refractivity contribution in [2.75, 3.05) is 17.8 Å². The van der Waals surface area contributed by atoms with Crippen molar-refractivity contribution < 1.29 is 21.9 Å². The summed E-state index contributed by atoms with van der Waals surface area (Å²) in [5.74, 6) is -0.0244. The lowest BCUT2D eigenvalue weighted by Crippen LogP contribution is -2.34. The molecule has 1 aromatic rings. The van der Waals surface area contributed by atoms with Gasteiger partial charge in [-0.2, -0.15) is 8.78 Å². The highest BCUT2D eigenvalue weighted by molar-refractivity contribution is 7.93. The van der Waals surface area contributed by atoms with Crippen molar-refractivity contribution in [2.24, 2.45) is 0 Å². The number of halogens is 2. The average Bonchev–Trinajstić information content (AvgIpc) is 2.37. The topological polar surface area (TPSA) is 67.4 Å². The number of hydrogen-bond acceptors (Lipinski definition) is 4. The molecular formula is C12H18F2N2O3S. The monoisotopic (exact) mass is 308 g/mol. The van der Waals surface area contributed by atoms with Gasteiger partial charge in [0.1, 0.15) is 5.75 Å². The van der Waals surface area contributed by atoms with Crippen LogP contribution >= 0.6 is 0 Å². The first-order valence-electron chi connectivity index (χ1n) is 6.12. The van der Waals surface area contributed by atoms with Gasteiger partial charge in [0.05, 0.1) is 5.25 Å². The van der Waals surface area contributed by atoms with Gasteiger partial charge in [0, 0.05) is 12.2 Å². The minimum atomic E-state index is -3.52. The zero-order valence-electron chi connectivity index (χ0n) is 11.3. The van der Waals surface area contributed by atoms with Crippen LogP contribution in [0.15, 0.2) is 24.3 Å². The summed E-state index contributed by atoms with van der Waals surface area (Å²) in [5, 5.41) is 2.34. The van der Waals surface area contributed by atoms with Crippen molar-refractivity contribution in [2.45, 2.75) is 25.7 Å². The molecule has 5 nitrogen and oxygen atoms in total. The summed E-state index contributed by atoms with van der Waals surface area (Å²) in [7, 11) is -3.52. The van der Waals surface area contributed by atoms with Gasteiger partial charge >= 0.3 is 6.61 Å². The van der Waals surface area contributed by atoms with Crippen LogP contribution in [0.1, 0.15) is 13.8 Å². The fraction of sp³-hybridized carbons (Fsp3) is 0.500. The molecule has 0 bridgehead atoms. The van der Waals surface area contributed by atoms with Gasteiger partial charge in [0.2, 0.25) is 10.0 Å². The first-order valence-corrected chi connectivity index (χ1v) is 7.67. The van der Waals surface area contributed by atoms with E-state index in [1.807, 2.05) is 6.92 Å². The van der Waals surface area contributed by atoms with Crippen LogP contribution in [-0.4, -0.2) is 33.4 Å². The third-order valence-electron chi connectivity index (χ3n) is 2.55. The minimum Gasteiger partial charge on any atom is -0.435 e. The normalized spacial score (nSPS) is 13.2. The Balaban J connectivity index is 2.67. The molecule has 0 aliphatic rings. The predicted octanol–water partition coefficient (Wildman–Crippen LogP) is 2.03. The highest BCUT2D eigenvalue weighted by atomic mass is 32.2. The highest BCUT2D eigenvalue weighted by Gasteiger charge is 2.20. The number of ether oxygens (including phenoxy) is 1. The summed E-state index contributed by atoms with van der Waals surface area (Å²) in [4.78, 5) is 0. The Labute approximate surface area is 117 Å². The van der Waals surface area contributed by atoms with Gasteiger partial charge in [-0.25, -0.2) is 8.42 Å². The Hall–Kier alpha value is -1.41. The minimum absolute atomic E-state index is 0.0244.